The quantitative estimate of drug-likeness (QED) is 0.820. The molecule has 2 fully saturated rings. The summed E-state index contributed by atoms with van der Waals surface area (Å²) in [7, 11) is 2.18. The first-order valence-corrected chi connectivity index (χ1v) is 8.59. The van der Waals surface area contributed by atoms with Crippen molar-refractivity contribution in [2.45, 2.75) is 46.1 Å². The van der Waals surface area contributed by atoms with Gasteiger partial charge in [-0.25, -0.2) is 4.79 Å². The van der Waals surface area contributed by atoms with Gasteiger partial charge in [0, 0.05) is 13.1 Å². The lowest BCUT2D eigenvalue weighted by Gasteiger charge is -2.53. The molecule has 3 atom stereocenters. The Balaban J connectivity index is 2.00. The number of nitrogens with zero attached hydrogens (tertiary/aromatic N) is 1. The van der Waals surface area contributed by atoms with E-state index in [1.165, 1.54) is 12.8 Å². The molecule has 0 aromatic carbocycles. The summed E-state index contributed by atoms with van der Waals surface area (Å²) in [4.78, 5) is 14.4. The molecule has 3 unspecified atom stereocenters. The van der Waals surface area contributed by atoms with Gasteiger partial charge >= 0.3 is 6.09 Å². The lowest BCUT2D eigenvalue weighted by Crippen LogP contribution is -2.57. The topological polar surface area (TPSA) is 53.6 Å². The number of ether oxygens (including phenoxy) is 1. The maximum absolute atomic E-state index is 12.0. The van der Waals surface area contributed by atoms with Crippen LogP contribution in [-0.2, 0) is 4.74 Å². The molecular weight excluding hydrogens is 278 g/mol. The van der Waals surface area contributed by atoms with Crippen LogP contribution in [0.2, 0.25) is 0 Å². The number of rotatable bonds is 2. The van der Waals surface area contributed by atoms with Crippen LogP contribution >= 0.6 is 0 Å². The Morgan fingerprint density at radius 2 is 2.14 bits per heavy atom. The summed E-state index contributed by atoms with van der Waals surface area (Å²) in [5.41, 5.74) is -0.0834. The predicted molar refractivity (Wildman–Crippen MR) is 88.9 cm³/mol. The minimum absolute atomic E-state index is 0.294. The third-order valence-electron chi connectivity index (χ3n) is 5.39. The van der Waals surface area contributed by atoms with Crippen LogP contribution in [0.15, 0.2) is 0 Å². The molecule has 2 aliphatic rings. The number of hydrogen-bond donors (Lipinski definition) is 2. The number of piperidine rings is 2. The number of likely N-dealkylation sites (tertiary alicyclic amines) is 1. The van der Waals surface area contributed by atoms with Crippen molar-refractivity contribution in [3.8, 4) is 0 Å². The van der Waals surface area contributed by atoms with Gasteiger partial charge < -0.3 is 20.3 Å². The van der Waals surface area contributed by atoms with Crippen LogP contribution in [0.4, 0.5) is 4.79 Å². The van der Waals surface area contributed by atoms with Crippen LogP contribution < -0.4 is 10.6 Å². The van der Waals surface area contributed by atoms with Gasteiger partial charge in [0.1, 0.15) is 5.60 Å². The van der Waals surface area contributed by atoms with E-state index in [1.807, 2.05) is 20.8 Å². The van der Waals surface area contributed by atoms with Crippen LogP contribution in [0.3, 0.4) is 0 Å². The Morgan fingerprint density at radius 1 is 1.41 bits per heavy atom. The molecule has 0 aromatic heterocycles. The second kappa shape index (κ2) is 6.75. The van der Waals surface area contributed by atoms with E-state index in [-0.39, 0.29) is 6.09 Å². The van der Waals surface area contributed by atoms with Crippen LogP contribution in [0.1, 0.15) is 40.5 Å². The highest BCUT2D eigenvalue weighted by atomic mass is 16.6. The maximum Gasteiger partial charge on any atom is 0.407 e. The third kappa shape index (κ3) is 4.13. The number of carbonyl (C=O) groups is 1. The first-order chi connectivity index (χ1) is 10.2. The predicted octanol–water partition coefficient (Wildman–Crippen LogP) is 2.08. The molecule has 0 saturated carbocycles. The van der Waals surface area contributed by atoms with Crippen molar-refractivity contribution in [1.82, 2.24) is 15.5 Å². The Hall–Kier alpha value is -0.810. The van der Waals surface area contributed by atoms with Gasteiger partial charge in [-0.1, -0.05) is 6.92 Å². The van der Waals surface area contributed by atoms with E-state index in [2.05, 4.69) is 29.5 Å². The van der Waals surface area contributed by atoms with Gasteiger partial charge in [-0.3, -0.25) is 0 Å². The van der Waals surface area contributed by atoms with E-state index < -0.39 is 5.60 Å². The third-order valence-corrected chi connectivity index (χ3v) is 5.39. The maximum atomic E-state index is 12.0. The molecule has 0 aromatic rings. The first-order valence-electron chi connectivity index (χ1n) is 8.59. The van der Waals surface area contributed by atoms with Crippen molar-refractivity contribution < 1.29 is 9.53 Å². The molecule has 2 N–H and O–H groups in total. The molecule has 2 heterocycles. The molecule has 1 spiro atoms. The molecule has 128 valence electrons. The van der Waals surface area contributed by atoms with Gasteiger partial charge in [0.2, 0.25) is 0 Å². The number of carbonyl (C=O) groups excluding carboxylic acids is 1. The monoisotopic (exact) mass is 311 g/mol. The lowest BCUT2D eigenvalue weighted by molar-refractivity contribution is -0.0237. The van der Waals surface area contributed by atoms with Gasteiger partial charge in [-0.05, 0) is 77.5 Å². The van der Waals surface area contributed by atoms with Gasteiger partial charge in [0.25, 0.3) is 0 Å². The van der Waals surface area contributed by atoms with Crippen LogP contribution in [0.5, 0.6) is 0 Å². The largest absolute Gasteiger partial charge is 0.444 e. The smallest absolute Gasteiger partial charge is 0.407 e. The van der Waals surface area contributed by atoms with E-state index in [9.17, 15) is 4.79 Å². The van der Waals surface area contributed by atoms with Gasteiger partial charge in [0.05, 0.1) is 0 Å². The molecule has 0 radical (unpaired) electrons. The zero-order valence-corrected chi connectivity index (χ0v) is 14.9. The van der Waals surface area contributed by atoms with Gasteiger partial charge in [-0.2, -0.15) is 0 Å². The van der Waals surface area contributed by atoms with Crippen molar-refractivity contribution in [2.24, 2.45) is 17.3 Å². The van der Waals surface area contributed by atoms with E-state index in [0.29, 0.717) is 23.8 Å². The standard InChI is InChI=1S/C17H33N3O2/c1-13-10-18-8-6-17(13)7-9-20(5)12-14(17)11-19-15(21)22-16(2,3)4/h13-14,18H,6-12H2,1-5H3,(H,19,21). The Morgan fingerprint density at radius 3 is 2.77 bits per heavy atom. The molecule has 5 nitrogen and oxygen atoms in total. The second-order valence-electron chi connectivity index (χ2n) is 8.18. The Bertz CT molecular complexity index is 394. The summed E-state index contributed by atoms with van der Waals surface area (Å²) < 4.78 is 5.38. The normalized spacial score (nSPS) is 33.7. The molecule has 22 heavy (non-hydrogen) atoms. The molecule has 0 aliphatic carbocycles. The highest BCUT2D eigenvalue weighted by Gasteiger charge is 2.46. The van der Waals surface area contributed by atoms with E-state index in [4.69, 9.17) is 4.74 Å². The fourth-order valence-electron chi connectivity index (χ4n) is 4.11. The summed E-state index contributed by atoms with van der Waals surface area (Å²) in [6.07, 6.45) is 2.15. The molecule has 2 saturated heterocycles. The van der Waals surface area contributed by atoms with E-state index >= 15 is 0 Å². The second-order valence-corrected chi connectivity index (χ2v) is 8.18. The first kappa shape index (κ1) is 17.5. The summed E-state index contributed by atoms with van der Waals surface area (Å²) in [6, 6.07) is 0. The molecule has 2 rings (SSSR count). The SMILES string of the molecule is CC1CNCCC12CCN(C)CC2CNC(=O)OC(C)(C)C. The fraction of sp³-hybridized carbons (Fsp3) is 0.941. The van der Waals surface area contributed by atoms with E-state index in [1.54, 1.807) is 0 Å². The van der Waals surface area contributed by atoms with Crippen molar-refractivity contribution in [1.29, 1.82) is 0 Å². The zero-order valence-electron chi connectivity index (χ0n) is 14.9. The minimum atomic E-state index is -0.437. The van der Waals surface area contributed by atoms with Crippen LogP contribution in [0.25, 0.3) is 0 Å². The Labute approximate surface area is 135 Å². The summed E-state index contributed by atoms with van der Waals surface area (Å²) >= 11 is 0. The fourth-order valence-corrected chi connectivity index (χ4v) is 4.11. The molecular formula is C17H33N3O2. The Kier molecular flexibility index (Phi) is 5.38. The number of nitrogens with one attached hydrogen (secondary N) is 2. The summed E-state index contributed by atoms with van der Waals surface area (Å²) in [5.74, 6) is 1.15. The zero-order chi connectivity index (χ0) is 16.4. The molecule has 5 heteroatoms. The average Bonchev–Trinajstić information content (AvgIpc) is 2.41. The van der Waals surface area contributed by atoms with Gasteiger partial charge in [0.15, 0.2) is 0 Å². The highest BCUT2D eigenvalue weighted by Crippen LogP contribution is 2.46. The van der Waals surface area contributed by atoms with Crippen molar-refractivity contribution in [3.63, 3.8) is 0 Å². The molecule has 2 aliphatic heterocycles. The summed E-state index contributed by atoms with van der Waals surface area (Å²) in [5, 5.41) is 6.52. The molecule has 0 bridgehead atoms. The minimum Gasteiger partial charge on any atom is -0.444 e. The number of hydrogen-bond acceptors (Lipinski definition) is 4. The lowest BCUT2D eigenvalue weighted by atomic mass is 9.60. The van der Waals surface area contributed by atoms with Crippen molar-refractivity contribution in [3.05, 3.63) is 0 Å². The number of alkyl carbamates (subject to hydrolysis) is 1. The average molecular weight is 311 g/mol. The summed E-state index contributed by atoms with van der Waals surface area (Å²) in [6.45, 7) is 13.2. The van der Waals surface area contributed by atoms with Crippen LogP contribution in [0, 0.1) is 17.3 Å². The van der Waals surface area contributed by atoms with Gasteiger partial charge in [-0.15, -0.1) is 0 Å². The number of amides is 1. The van der Waals surface area contributed by atoms with Crippen LogP contribution in [-0.4, -0.2) is 56.4 Å². The highest BCUT2D eigenvalue weighted by molar-refractivity contribution is 5.67. The van der Waals surface area contributed by atoms with E-state index in [0.717, 1.165) is 26.2 Å². The van der Waals surface area contributed by atoms with Crippen molar-refractivity contribution in [2.75, 3.05) is 39.8 Å². The molecule has 1 amide bonds. The van der Waals surface area contributed by atoms with Crippen molar-refractivity contribution >= 4 is 6.09 Å².